The number of aryl methyl sites for hydroxylation is 1. The molecule has 1 aromatic carbocycles. The molecule has 4 nitrogen and oxygen atoms in total. The largest absolute Gasteiger partial charge is 0.321 e. The molecule has 2 rings (SSSR count). The Labute approximate surface area is 114 Å². The molecule has 2 aromatic rings. The summed E-state index contributed by atoms with van der Waals surface area (Å²) in [6, 6.07) is 5.16. The van der Waals surface area contributed by atoms with Crippen molar-refractivity contribution in [3.05, 3.63) is 61.9 Å². The van der Waals surface area contributed by atoms with Gasteiger partial charge in [-0.1, -0.05) is 23.6 Å². The lowest BCUT2D eigenvalue weighted by Crippen LogP contribution is -2.39. The van der Waals surface area contributed by atoms with E-state index in [-0.39, 0.29) is 6.54 Å². The maximum atomic E-state index is 12.0. The Morgan fingerprint density at radius 3 is 2.63 bits per heavy atom. The van der Waals surface area contributed by atoms with Crippen LogP contribution in [0.3, 0.4) is 0 Å². The van der Waals surface area contributed by atoms with Gasteiger partial charge in [-0.3, -0.25) is 18.7 Å². The van der Waals surface area contributed by atoms with Crippen molar-refractivity contribution in [1.82, 2.24) is 9.13 Å². The molecule has 0 radical (unpaired) electrons. The second kappa shape index (κ2) is 5.17. The van der Waals surface area contributed by atoms with Gasteiger partial charge in [0.1, 0.15) is 0 Å². The quantitative estimate of drug-likeness (QED) is 0.617. The Morgan fingerprint density at radius 2 is 2.00 bits per heavy atom. The SMILES string of the molecule is C#CCn1ccn(-c2ccc(C)c(Cl)c2)c(=O)c1=O. The first-order chi connectivity index (χ1) is 9.04. The minimum absolute atomic E-state index is 0.0730. The molecule has 1 aromatic heterocycles. The van der Waals surface area contributed by atoms with Crippen LogP contribution in [0.2, 0.25) is 5.02 Å². The third-order valence-electron chi connectivity index (χ3n) is 2.75. The van der Waals surface area contributed by atoms with Gasteiger partial charge in [0.2, 0.25) is 0 Å². The lowest BCUT2D eigenvalue weighted by Gasteiger charge is -2.08. The number of rotatable bonds is 2. The molecule has 0 fully saturated rings. The van der Waals surface area contributed by atoms with Gasteiger partial charge < -0.3 is 0 Å². The summed E-state index contributed by atoms with van der Waals surface area (Å²) < 4.78 is 2.44. The average Bonchev–Trinajstić information content (AvgIpc) is 2.39. The van der Waals surface area contributed by atoms with Gasteiger partial charge in [-0.05, 0) is 24.6 Å². The summed E-state index contributed by atoms with van der Waals surface area (Å²) in [7, 11) is 0. The minimum Gasteiger partial charge on any atom is -0.298 e. The molecule has 1 heterocycles. The minimum atomic E-state index is -0.655. The van der Waals surface area contributed by atoms with Gasteiger partial charge in [-0.25, -0.2) is 0 Å². The molecule has 0 atom stereocenters. The molecule has 0 bridgehead atoms. The molecule has 19 heavy (non-hydrogen) atoms. The van der Waals surface area contributed by atoms with Gasteiger partial charge in [0.15, 0.2) is 0 Å². The van der Waals surface area contributed by atoms with Crippen LogP contribution < -0.4 is 11.1 Å². The van der Waals surface area contributed by atoms with Gasteiger partial charge in [-0.2, -0.15) is 0 Å². The second-order valence-corrected chi connectivity index (χ2v) is 4.45. The van der Waals surface area contributed by atoms with Crippen LogP contribution in [-0.2, 0) is 6.54 Å². The van der Waals surface area contributed by atoms with Crippen LogP contribution in [0.1, 0.15) is 5.56 Å². The van der Waals surface area contributed by atoms with E-state index in [9.17, 15) is 9.59 Å². The third-order valence-corrected chi connectivity index (χ3v) is 3.16. The van der Waals surface area contributed by atoms with Crippen molar-refractivity contribution in [2.24, 2.45) is 0 Å². The van der Waals surface area contributed by atoms with Crippen LogP contribution in [0.5, 0.6) is 0 Å². The maximum Gasteiger partial charge on any atom is 0.321 e. The molecule has 0 saturated heterocycles. The highest BCUT2D eigenvalue weighted by Crippen LogP contribution is 2.18. The summed E-state index contributed by atoms with van der Waals surface area (Å²) in [4.78, 5) is 23.8. The van der Waals surface area contributed by atoms with E-state index in [1.165, 1.54) is 21.5 Å². The zero-order chi connectivity index (χ0) is 14.0. The monoisotopic (exact) mass is 274 g/mol. The zero-order valence-corrected chi connectivity index (χ0v) is 11.0. The van der Waals surface area contributed by atoms with Crippen LogP contribution in [-0.4, -0.2) is 9.13 Å². The molecule has 0 spiro atoms. The molecule has 5 heteroatoms. The van der Waals surface area contributed by atoms with Crippen LogP contribution in [0.15, 0.2) is 40.2 Å². The van der Waals surface area contributed by atoms with E-state index in [1.807, 2.05) is 6.92 Å². The summed E-state index contributed by atoms with van der Waals surface area (Å²) in [6.07, 6.45) is 8.11. The van der Waals surface area contributed by atoms with E-state index in [4.69, 9.17) is 18.0 Å². The summed E-state index contributed by atoms with van der Waals surface area (Å²) in [5.74, 6) is 2.32. The van der Waals surface area contributed by atoms with Crippen LogP contribution in [0.25, 0.3) is 5.69 Å². The van der Waals surface area contributed by atoms with Crippen molar-refractivity contribution in [2.45, 2.75) is 13.5 Å². The fraction of sp³-hybridized carbons (Fsp3) is 0.143. The fourth-order valence-corrected chi connectivity index (χ4v) is 1.84. The van der Waals surface area contributed by atoms with Crippen LogP contribution in [0.4, 0.5) is 0 Å². The Balaban J connectivity index is 2.62. The van der Waals surface area contributed by atoms with E-state index in [1.54, 1.807) is 18.2 Å². The maximum absolute atomic E-state index is 12.0. The van der Waals surface area contributed by atoms with Crippen molar-refractivity contribution in [3.63, 3.8) is 0 Å². The average molecular weight is 275 g/mol. The molecule has 0 amide bonds. The molecule has 0 aliphatic heterocycles. The van der Waals surface area contributed by atoms with Crippen LogP contribution in [0, 0.1) is 19.3 Å². The standard InChI is InChI=1S/C14H11ClN2O2/c1-3-6-16-7-8-17(14(19)13(16)18)11-5-4-10(2)12(15)9-11/h1,4-5,7-9H,6H2,2H3. The number of benzene rings is 1. The molecule has 0 unspecified atom stereocenters. The Bertz CT molecular complexity index is 781. The smallest absolute Gasteiger partial charge is 0.298 e. The highest BCUT2D eigenvalue weighted by molar-refractivity contribution is 6.31. The van der Waals surface area contributed by atoms with E-state index in [0.29, 0.717) is 10.7 Å². The molecule has 96 valence electrons. The van der Waals surface area contributed by atoms with Gasteiger partial charge in [0.05, 0.1) is 12.2 Å². The third kappa shape index (κ3) is 2.47. The second-order valence-electron chi connectivity index (χ2n) is 4.04. The van der Waals surface area contributed by atoms with Gasteiger partial charge in [-0.15, -0.1) is 6.42 Å². The number of nitrogens with zero attached hydrogens (tertiary/aromatic N) is 2. The number of hydrogen-bond acceptors (Lipinski definition) is 2. The van der Waals surface area contributed by atoms with Crippen molar-refractivity contribution in [2.75, 3.05) is 0 Å². The number of hydrogen-bond donors (Lipinski definition) is 0. The topological polar surface area (TPSA) is 44.0 Å². The molecule has 0 aliphatic rings. The normalized spacial score (nSPS) is 10.2. The highest BCUT2D eigenvalue weighted by Gasteiger charge is 2.07. The van der Waals surface area contributed by atoms with Crippen molar-refractivity contribution in [1.29, 1.82) is 0 Å². The van der Waals surface area contributed by atoms with Gasteiger partial charge in [0, 0.05) is 17.4 Å². The molecular weight excluding hydrogens is 264 g/mol. The van der Waals surface area contributed by atoms with E-state index < -0.39 is 11.1 Å². The number of terminal acetylenes is 1. The Hall–Kier alpha value is -2.25. The van der Waals surface area contributed by atoms with Gasteiger partial charge in [0.25, 0.3) is 0 Å². The Kier molecular flexibility index (Phi) is 3.59. The van der Waals surface area contributed by atoms with E-state index in [0.717, 1.165) is 5.56 Å². The van der Waals surface area contributed by atoms with Crippen molar-refractivity contribution < 1.29 is 0 Å². The predicted molar refractivity (Wildman–Crippen MR) is 74.9 cm³/mol. The first-order valence-electron chi connectivity index (χ1n) is 5.56. The molecule has 0 saturated carbocycles. The first-order valence-corrected chi connectivity index (χ1v) is 5.94. The Morgan fingerprint density at radius 1 is 1.26 bits per heavy atom. The summed E-state index contributed by atoms with van der Waals surface area (Å²) in [5, 5.41) is 0.539. The summed E-state index contributed by atoms with van der Waals surface area (Å²) >= 11 is 6.01. The van der Waals surface area contributed by atoms with E-state index in [2.05, 4.69) is 5.92 Å². The summed E-state index contributed by atoms with van der Waals surface area (Å²) in [6.45, 7) is 1.93. The first kappa shape index (κ1) is 13.2. The fourth-order valence-electron chi connectivity index (χ4n) is 1.67. The molecular formula is C14H11ClN2O2. The number of aromatic nitrogens is 2. The zero-order valence-electron chi connectivity index (χ0n) is 10.3. The lowest BCUT2D eigenvalue weighted by molar-refractivity contribution is 0.744. The van der Waals surface area contributed by atoms with Gasteiger partial charge >= 0.3 is 11.1 Å². The number of halogens is 1. The van der Waals surface area contributed by atoms with Crippen molar-refractivity contribution in [3.8, 4) is 18.0 Å². The van der Waals surface area contributed by atoms with Crippen LogP contribution >= 0.6 is 11.6 Å². The summed E-state index contributed by atoms with van der Waals surface area (Å²) in [5.41, 5.74) is 0.138. The molecule has 0 N–H and O–H groups in total. The van der Waals surface area contributed by atoms with Crippen molar-refractivity contribution >= 4 is 11.6 Å². The van der Waals surface area contributed by atoms with E-state index >= 15 is 0 Å². The lowest BCUT2D eigenvalue weighted by atomic mass is 10.2. The molecule has 0 aliphatic carbocycles. The highest BCUT2D eigenvalue weighted by atomic mass is 35.5. The predicted octanol–water partition coefficient (Wildman–Crippen LogP) is 1.59.